The fourth-order valence-corrected chi connectivity index (χ4v) is 2.96. The number of hydrogen-bond donors (Lipinski definition) is 1. The maximum absolute atomic E-state index is 12.2. The quantitative estimate of drug-likeness (QED) is 0.792. The van der Waals surface area contributed by atoms with Crippen molar-refractivity contribution in [1.29, 1.82) is 0 Å². The Kier molecular flexibility index (Phi) is 1.60. The van der Waals surface area contributed by atoms with Gasteiger partial charge in [-0.25, -0.2) is 15.0 Å². The van der Waals surface area contributed by atoms with Gasteiger partial charge in [-0.05, 0) is 12.8 Å². The largest absolute Gasteiger partial charge is 0.328 e. The number of fused-ring (bicyclic) bond motifs is 3. The van der Waals surface area contributed by atoms with E-state index in [4.69, 9.17) is 0 Å². The van der Waals surface area contributed by atoms with E-state index in [-0.39, 0.29) is 5.91 Å². The third-order valence-corrected chi connectivity index (χ3v) is 4.05. The predicted molar refractivity (Wildman–Crippen MR) is 63.3 cm³/mol. The lowest BCUT2D eigenvalue weighted by Gasteiger charge is -2.52. The number of piperidine rings is 2. The molecular formula is C12H11N5O. The van der Waals surface area contributed by atoms with Crippen LogP contribution in [-0.4, -0.2) is 25.4 Å². The maximum atomic E-state index is 12.2. The Bertz CT molecular complexity index is 683. The number of nitrogens with zero attached hydrogens (tertiary/aromatic N) is 4. The van der Waals surface area contributed by atoms with Gasteiger partial charge in [-0.2, -0.15) is 0 Å². The van der Waals surface area contributed by atoms with E-state index in [1.807, 2.05) is 4.57 Å². The van der Waals surface area contributed by atoms with Crippen LogP contribution in [0.2, 0.25) is 0 Å². The molecule has 0 radical (unpaired) electrons. The van der Waals surface area contributed by atoms with Crippen molar-refractivity contribution in [2.45, 2.75) is 18.4 Å². The molecule has 0 atom stereocenters. The first-order valence-corrected chi connectivity index (χ1v) is 5.84. The highest BCUT2D eigenvalue weighted by atomic mass is 16.2. The molecule has 6 nitrogen and oxygen atoms in total. The topological polar surface area (TPSA) is 72.7 Å². The summed E-state index contributed by atoms with van der Waals surface area (Å²) in [4.78, 5) is 24.6. The number of aromatic nitrogens is 4. The summed E-state index contributed by atoms with van der Waals surface area (Å²) >= 11 is 0. The molecule has 0 spiro atoms. The number of carbonyl (C=O) groups excluding carboxylic acids is 1. The normalized spacial score (nSPS) is 30.1. The van der Waals surface area contributed by atoms with Crippen LogP contribution < -0.4 is 5.32 Å². The first-order chi connectivity index (χ1) is 8.71. The number of allylic oxidation sites excluding steroid dienone is 1. The molecule has 18 heavy (non-hydrogen) atoms. The van der Waals surface area contributed by atoms with E-state index in [2.05, 4.69) is 26.8 Å². The van der Waals surface area contributed by atoms with E-state index < -0.39 is 5.54 Å². The Morgan fingerprint density at radius 2 is 2.28 bits per heavy atom. The molecular weight excluding hydrogens is 230 g/mol. The van der Waals surface area contributed by atoms with Gasteiger partial charge >= 0.3 is 0 Å². The van der Waals surface area contributed by atoms with Crippen LogP contribution in [0, 0.1) is 5.92 Å². The number of imidazole rings is 1. The molecule has 5 rings (SSSR count). The van der Waals surface area contributed by atoms with Gasteiger partial charge in [0.05, 0.1) is 12.5 Å². The fourth-order valence-electron chi connectivity index (χ4n) is 2.96. The molecule has 0 unspecified atom stereocenters. The number of nitrogens with one attached hydrogen (secondary N) is 1. The Morgan fingerprint density at radius 3 is 3.06 bits per heavy atom. The van der Waals surface area contributed by atoms with E-state index in [1.165, 1.54) is 6.33 Å². The van der Waals surface area contributed by atoms with E-state index in [0.717, 1.165) is 24.1 Å². The van der Waals surface area contributed by atoms with Crippen molar-refractivity contribution in [3.05, 3.63) is 31.1 Å². The summed E-state index contributed by atoms with van der Waals surface area (Å²) in [6, 6.07) is 0. The number of hydrogen-bond acceptors (Lipinski definition) is 4. The molecule has 1 amide bonds. The van der Waals surface area contributed by atoms with Gasteiger partial charge in [-0.15, -0.1) is 0 Å². The first kappa shape index (κ1) is 9.76. The molecule has 2 saturated heterocycles. The molecule has 1 saturated carbocycles. The summed E-state index contributed by atoms with van der Waals surface area (Å²) < 4.78 is 1.90. The van der Waals surface area contributed by atoms with E-state index in [9.17, 15) is 4.79 Å². The average Bonchev–Trinajstić information content (AvgIpc) is 2.71. The number of carbonyl (C=O) groups is 1. The van der Waals surface area contributed by atoms with E-state index in [1.54, 1.807) is 12.5 Å². The molecule has 4 heterocycles. The van der Waals surface area contributed by atoms with Crippen LogP contribution in [0.1, 0.15) is 12.8 Å². The molecule has 2 aromatic rings. The summed E-state index contributed by atoms with van der Waals surface area (Å²) in [7, 11) is 0. The smallest absolute Gasteiger partial charge is 0.250 e. The lowest BCUT2D eigenvalue weighted by atomic mass is 9.63. The van der Waals surface area contributed by atoms with Gasteiger partial charge in [-0.1, -0.05) is 6.58 Å². The minimum Gasteiger partial charge on any atom is -0.328 e. The van der Waals surface area contributed by atoms with E-state index >= 15 is 0 Å². The standard InChI is InChI=1S/C12H11N5O/c1-7-8-2-12(3-8,11(18)16-7)17-6-15-10-9(17)4-13-5-14-10/h4-6,8H,1-3H2,(H,16,18). The highest BCUT2D eigenvalue weighted by molar-refractivity contribution is 5.91. The third-order valence-electron chi connectivity index (χ3n) is 4.05. The molecule has 1 aliphatic carbocycles. The van der Waals surface area contributed by atoms with Crippen molar-refractivity contribution >= 4 is 17.1 Å². The van der Waals surface area contributed by atoms with Crippen molar-refractivity contribution in [3.63, 3.8) is 0 Å². The fraction of sp³-hybridized carbons (Fsp3) is 0.333. The van der Waals surface area contributed by atoms with Gasteiger partial charge in [0.2, 0.25) is 5.91 Å². The molecule has 1 N–H and O–H groups in total. The maximum Gasteiger partial charge on any atom is 0.250 e. The molecule has 3 fully saturated rings. The predicted octanol–water partition coefficient (Wildman–Crippen LogP) is 0.575. The van der Waals surface area contributed by atoms with Crippen molar-refractivity contribution in [2.24, 2.45) is 5.92 Å². The third kappa shape index (κ3) is 0.982. The zero-order chi connectivity index (χ0) is 12.3. The van der Waals surface area contributed by atoms with E-state index in [0.29, 0.717) is 11.6 Å². The van der Waals surface area contributed by atoms with Crippen LogP contribution in [0.3, 0.4) is 0 Å². The second-order valence-electron chi connectivity index (χ2n) is 4.96. The average molecular weight is 241 g/mol. The molecule has 2 aromatic heterocycles. The molecule has 6 heteroatoms. The zero-order valence-corrected chi connectivity index (χ0v) is 9.63. The Balaban J connectivity index is 1.89. The first-order valence-electron chi connectivity index (χ1n) is 5.84. The van der Waals surface area contributed by atoms with Gasteiger partial charge in [0, 0.05) is 11.6 Å². The van der Waals surface area contributed by atoms with Gasteiger partial charge < -0.3 is 9.88 Å². The second-order valence-corrected chi connectivity index (χ2v) is 4.96. The summed E-state index contributed by atoms with van der Waals surface area (Å²) in [6.07, 6.45) is 6.43. The van der Waals surface area contributed by atoms with Gasteiger partial charge in [0.25, 0.3) is 0 Å². The highest BCUT2D eigenvalue weighted by Gasteiger charge is 2.57. The van der Waals surface area contributed by atoms with Crippen LogP contribution in [0.25, 0.3) is 11.2 Å². The minimum atomic E-state index is -0.522. The summed E-state index contributed by atoms with van der Waals surface area (Å²) in [6.45, 7) is 3.88. The number of amides is 1. The lowest BCUT2D eigenvalue weighted by molar-refractivity contribution is -0.140. The van der Waals surface area contributed by atoms with Gasteiger partial charge in [0.1, 0.15) is 17.4 Å². The molecule has 0 aromatic carbocycles. The highest BCUT2D eigenvalue weighted by Crippen LogP contribution is 2.50. The van der Waals surface area contributed by atoms with Gasteiger partial charge in [-0.3, -0.25) is 4.79 Å². The van der Waals surface area contributed by atoms with Crippen LogP contribution in [0.5, 0.6) is 0 Å². The summed E-state index contributed by atoms with van der Waals surface area (Å²) in [5, 5.41) is 2.85. The van der Waals surface area contributed by atoms with Crippen LogP contribution in [0.15, 0.2) is 31.1 Å². The molecule has 2 aliphatic heterocycles. The lowest BCUT2D eigenvalue weighted by Crippen LogP contribution is -2.62. The van der Waals surface area contributed by atoms with Crippen molar-refractivity contribution in [3.8, 4) is 0 Å². The Morgan fingerprint density at radius 1 is 1.44 bits per heavy atom. The van der Waals surface area contributed by atoms with Crippen molar-refractivity contribution in [2.75, 3.05) is 0 Å². The molecule has 90 valence electrons. The SMILES string of the molecule is C=C1NC(=O)C2(n3cnc4ncncc43)CC1C2. The minimum absolute atomic E-state index is 0.00171. The van der Waals surface area contributed by atoms with Crippen LogP contribution in [-0.2, 0) is 10.3 Å². The van der Waals surface area contributed by atoms with Gasteiger partial charge in [0.15, 0.2) is 5.65 Å². The van der Waals surface area contributed by atoms with Crippen LogP contribution >= 0.6 is 0 Å². The molecule has 3 aliphatic rings. The van der Waals surface area contributed by atoms with Crippen LogP contribution in [0.4, 0.5) is 0 Å². The monoisotopic (exact) mass is 241 g/mol. The Labute approximate surface area is 103 Å². The summed E-state index contributed by atoms with van der Waals surface area (Å²) in [5.41, 5.74) is 1.74. The zero-order valence-electron chi connectivity index (χ0n) is 9.63. The summed E-state index contributed by atoms with van der Waals surface area (Å²) in [5.74, 6) is 0.378. The second kappa shape index (κ2) is 2.95. The molecule has 2 bridgehead atoms. The Hall–Kier alpha value is -2.24. The number of rotatable bonds is 1. The van der Waals surface area contributed by atoms with Crippen molar-refractivity contribution < 1.29 is 4.79 Å². The van der Waals surface area contributed by atoms with Crippen molar-refractivity contribution in [1.82, 2.24) is 24.8 Å².